The number of benzene rings is 2. The van der Waals surface area contributed by atoms with Crippen molar-refractivity contribution in [3.8, 4) is 5.75 Å². The van der Waals surface area contributed by atoms with E-state index in [4.69, 9.17) is 9.84 Å². The van der Waals surface area contributed by atoms with Gasteiger partial charge in [-0.1, -0.05) is 58.2 Å². The first kappa shape index (κ1) is 26.3. The number of para-hydroxylation sites is 1. The zero-order valence-electron chi connectivity index (χ0n) is 19.5. The molecule has 1 heterocycles. The molecule has 0 amide bonds. The highest BCUT2D eigenvalue weighted by Crippen LogP contribution is 2.42. The maximum atomic E-state index is 13.1. The molecular weight excluding hydrogens is 442 g/mol. The van der Waals surface area contributed by atoms with Gasteiger partial charge in [-0.05, 0) is 36.4 Å². The van der Waals surface area contributed by atoms with Gasteiger partial charge in [0.15, 0.2) is 0 Å². The number of carboxylic acids is 1. The van der Waals surface area contributed by atoms with Crippen molar-refractivity contribution in [2.45, 2.75) is 56.2 Å². The van der Waals surface area contributed by atoms with E-state index in [1.165, 1.54) is 12.8 Å². The van der Waals surface area contributed by atoms with Gasteiger partial charge in [0.2, 0.25) is 0 Å². The topological polar surface area (TPSA) is 66.8 Å². The van der Waals surface area contributed by atoms with Crippen molar-refractivity contribution in [2.75, 3.05) is 30.1 Å². The second-order valence-corrected chi connectivity index (χ2v) is 10.0. The summed E-state index contributed by atoms with van der Waals surface area (Å²) < 4.78 is 18.8. The van der Waals surface area contributed by atoms with Crippen molar-refractivity contribution in [2.24, 2.45) is 5.92 Å². The van der Waals surface area contributed by atoms with Gasteiger partial charge in [-0.15, -0.1) is 11.8 Å². The highest BCUT2D eigenvalue weighted by molar-refractivity contribution is 7.98. The maximum absolute atomic E-state index is 13.1. The number of ether oxygens (including phenoxy) is 1. The number of aliphatic carboxylic acids is 1. The number of carbonyl (C=O) groups is 1. The smallest absolute Gasteiger partial charge is 0.306 e. The summed E-state index contributed by atoms with van der Waals surface area (Å²) in [6.45, 7) is 7.40. The third kappa shape index (κ3) is 7.27. The van der Waals surface area contributed by atoms with Gasteiger partial charge in [-0.25, -0.2) is 0 Å². The summed E-state index contributed by atoms with van der Waals surface area (Å²) in [4.78, 5) is 14.7. The number of rotatable bonds is 8. The second kappa shape index (κ2) is 13.5. The zero-order chi connectivity index (χ0) is 23.5. The predicted molar refractivity (Wildman–Crippen MR) is 135 cm³/mol. The monoisotopic (exact) mass is 477 g/mol. The van der Waals surface area contributed by atoms with Crippen molar-refractivity contribution >= 4 is 39.9 Å². The average molecular weight is 478 g/mol. The second-order valence-electron chi connectivity index (χ2n) is 7.70. The van der Waals surface area contributed by atoms with Gasteiger partial charge in [0.05, 0.1) is 39.3 Å². The molecule has 1 N–H and O–H groups in total. The van der Waals surface area contributed by atoms with Crippen molar-refractivity contribution in [3.63, 3.8) is 0 Å². The maximum Gasteiger partial charge on any atom is 0.306 e. The number of fused-ring (bicyclic) bond motifs is 1. The van der Waals surface area contributed by atoms with E-state index < -0.39 is 16.8 Å². The lowest BCUT2D eigenvalue weighted by molar-refractivity contribution is -0.137. The number of hydrogen-bond acceptors (Lipinski definition) is 5. The Morgan fingerprint density at radius 1 is 1.19 bits per heavy atom. The molecule has 7 heteroatoms. The molecule has 0 saturated carbocycles. The zero-order valence-corrected chi connectivity index (χ0v) is 21.1. The molecule has 0 aliphatic carbocycles. The molecule has 0 aromatic heterocycles. The van der Waals surface area contributed by atoms with E-state index in [1.54, 1.807) is 11.8 Å². The molecule has 0 radical (unpaired) electrons. The van der Waals surface area contributed by atoms with Crippen LogP contribution in [0.1, 0.15) is 46.5 Å². The third-order valence-corrected chi connectivity index (χ3v) is 7.68. The fourth-order valence-electron chi connectivity index (χ4n) is 3.26. The Balaban J connectivity index is 0.000000837. The standard InChI is InChI=1S/C21H25NO4S2.C4H10/c1-3-15-13-22(16-7-5-4-6-8-16)17-11-19(27-2)18(26-10-9-21(23)24)12-20(17)28(25)14-15;1-3-4-2/h4-8,11-12,15H,3,9-10,13-14H2,1-2H3,(H,23,24);3-4H2,1-2H3. The fraction of sp³-hybridized carbons (Fsp3) is 0.480. The molecule has 2 unspecified atom stereocenters. The number of hydrogen-bond donors (Lipinski definition) is 1. The number of anilines is 2. The van der Waals surface area contributed by atoms with Gasteiger partial charge in [-0.3, -0.25) is 9.00 Å². The molecule has 2 aromatic carbocycles. The van der Waals surface area contributed by atoms with Gasteiger partial charge >= 0.3 is 5.97 Å². The lowest BCUT2D eigenvalue weighted by Gasteiger charge is -2.28. The summed E-state index contributed by atoms with van der Waals surface area (Å²) >= 11 is 1.54. The summed E-state index contributed by atoms with van der Waals surface area (Å²) in [7, 11) is -1.14. The quantitative estimate of drug-likeness (QED) is 0.447. The SMILES string of the molecule is CCC1CN(c2ccccc2)c2cc(SC)c(OCCC(=O)O)cc2S(=O)C1.CCCC. The Morgan fingerprint density at radius 3 is 2.44 bits per heavy atom. The minimum Gasteiger partial charge on any atom is -0.492 e. The van der Waals surface area contributed by atoms with E-state index in [0.717, 1.165) is 34.1 Å². The van der Waals surface area contributed by atoms with Gasteiger partial charge in [0.1, 0.15) is 5.75 Å². The first-order valence-corrected chi connectivity index (χ1v) is 13.8. The molecule has 0 spiro atoms. The van der Waals surface area contributed by atoms with E-state index in [-0.39, 0.29) is 13.0 Å². The number of carboxylic acid groups (broad SMARTS) is 1. The van der Waals surface area contributed by atoms with E-state index in [9.17, 15) is 9.00 Å². The van der Waals surface area contributed by atoms with E-state index in [0.29, 0.717) is 17.4 Å². The number of thioether (sulfide) groups is 1. The number of nitrogens with zero attached hydrogens (tertiary/aromatic N) is 1. The molecule has 3 rings (SSSR count). The highest BCUT2D eigenvalue weighted by atomic mass is 32.2. The van der Waals surface area contributed by atoms with Crippen LogP contribution in [0.4, 0.5) is 11.4 Å². The molecule has 32 heavy (non-hydrogen) atoms. The average Bonchev–Trinajstić information content (AvgIpc) is 2.95. The molecule has 0 fully saturated rings. The van der Waals surface area contributed by atoms with Crippen LogP contribution in [0.25, 0.3) is 0 Å². The van der Waals surface area contributed by atoms with Crippen LogP contribution in [-0.2, 0) is 15.6 Å². The lowest BCUT2D eigenvalue weighted by atomic mass is 10.1. The summed E-state index contributed by atoms with van der Waals surface area (Å²) in [5.74, 6) is 0.636. The van der Waals surface area contributed by atoms with Gasteiger partial charge in [-0.2, -0.15) is 0 Å². The Kier molecular flexibility index (Phi) is 11.1. The van der Waals surface area contributed by atoms with Crippen molar-refractivity contribution < 1.29 is 18.8 Å². The van der Waals surface area contributed by atoms with Crippen LogP contribution in [0.5, 0.6) is 5.75 Å². The first-order valence-electron chi connectivity index (χ1n) is 11.2. The summed E-state index contributed by atoms with van der Waals surface area (Å²) in [5, 5.41) is 8.87. The first-order chi connectivity index (χ1) is 15.4. The summed E-state index contributed by atoms with van der Waals surface area (Å²) in [6.07, 6.45) is 5.49. The minimum atomic E-state index is -1.14. The van der Waals surface area contributed by atoms with E-state index in [2.05, 4.69) is 37.8 Å². The molecule has 2 aromatic rings. The van der Waals surface area contributed by atoms with Gasteiger partial charge in [0, 0.05) is 18.0 Å². The van der Waals surface area contributed by atoms with Crippen molar-refractivity contribution in [1.82, 2.24) is 0 Å². The van der Waals surface area contributed by atoms with Crippen LogP contribution >= 0.6 is 11.8 Å². The van der Waals surface area contributed by atoms with Crippen molar-refractivity contribution in [1.29, 1.82) is 0 Å². The number of unbranched alkanes of at least 4 members (excludes halogenated alkanes) is 1. The largest absolute Gasteiger partial charge is 0.492 e. The molecule has 0 bridgehead atoms. The summed E-state index contributed by atoms with van der Waals surface area (Å²) in [5.41, 5.74) is 2.02. The molecule has 5 nitrogen and oxygen atoms in total. The third-order valence-electron chi connectivity index (χ3n) is 5.33. The molecule has 176 valence electrons. The van der Waals surface area contributed by atoms with Crippen LogP contribution in [-0.4, -0.2) is 40.4 Å². The predicted octanol–water partition coefficient (Wildman–Crippen LogP) is 6.35. The van der Waals surface area contributed by atoms with Crippen LogP contribution < -0.4 is 9.64 Å². The Labute approximate surface area is 199 Å². The minimum absolute atomic E-state index is 0.0674. The van der Waals surface area contributed by atoms with E-state index in [1.807, 2.05) is 36.6 Å². The van der Waals surface area contributed by atoms with Crippen LogP contribution in [0.2, 0.25) is 0 Å². The fourth-order valence-corrected chi connectivity index (χ4v) is 5.40. The normalized spacial score (nSPS) is 17.6. The summed E-state index contributed by atoms with van der Waals surface area (Å²) in [6, 6.07) is 14.0. The van der Waals surface area contributed by atoms with Gasteiger partial charge < -0.3 is 14.7 Å². The molecule has 0 saturated heterocycles. The molecule has 2 atom stereocenters. The molecule has 1 aliphatic heterocycles. The highest BCUT2D eigenvalue weighted by Gasteiger charge is 2.28. The molecular formula is C25H35NO4S2. The van der Waals surface area contributed by atoms with E-state index >= 15 is 0 Å². The van der Waals surface area contributed by atoms with Crippen LogP contribution in [0.3, 0.4) is 0 Å². The Morgan fingerprint density at radius 2 is 1.88 bits per heavy atom. The molecule has 1 aliphatic rings. The van der Waals surface area contributed by atoms with Crippen LogP contribution in [0, 0.1) is 5.92 Å². The Bertz CT molecular complexity index is 887. The van der Waals surface area contributed by atoms with Crippen molar-refractivity contribution in [3.05, 3.63) is 42.5 Å². The van der Waals surface area contributed by atoms with Gasteiger partial charge in [0.25, 0.3) is 0 Å². The Hall–Kier alpha value is -1.99. The van der Waals surface area contributed by atoms with Crippen LogP contribution in [0.15, 0.2) is 52.3 Å². The lowest BCUT2D eigenvalue weighted by Crippen LogP contribution is -2.25.